The van der Waals surface area contributed by atoms with E-state index in [9.17, 15) is 24.6 Å². The minimum Gasteiger partial charge on any atom is -0.453 e. The van der Waals surface area contributed by atoms with Gasteiger partial charge in [0.05, 0.1) is 31.8 Å². The molecular weight excluding hydrogens is 476 g/mol. The first-order valence-electron chi connectivity index (χ1n) is 11.6. The Hall–Kier alpha value is -2.40. The van der Waals surface area contributed by atoms with E-state index in [4.69, 9.17) is 10.5 Å². The van der Waals surface area contributed by atoms with Crippen LogP contribution in [0.2, 0.25) is 0 Å². The Morgan fingerprint density at radius 2 is 1.94 bits per heavy atom. The van der Waals surface area contributed by atoms with Gasteiger partial charge in [-0.15, -0.1) is 12.4 Å². The zero-order chi connectivity index (χ0) is 25.0. The zero-order valence-corrected chi connectivity index (χ0v) is 21.3. The average Bonchev–Trinajstić information content (AvgIpc) is 3.08. The van der Waals surface area contributed by atoms with Gasteiger partial charge in [-0.05, 0) is 29.9 Å². The van der Waals surface area contributed by atoms with Crippen LogP contribution in [0.4, 0.5) is 10.5 Å². The van der Waals surface area contributed by atoms with Gasteiger partial charge < -0.3 is 35.8 Å². The Balaban J connectivity index is 0.00000432. The minimum absolute atomic E-state index is 0. The molecule has 0 aromatic heterocycles. The number of likely N-dealkylation sites (tertiary alicyclic amines) is 1. The molecule has 2 heterocycles. The molecule has 1 saturated heterocycles. The normalized spacial score (nSPS) is 21.6. The number of halogens is 1. The molecule has 1 fully saturated rings. The van der Waals surface area contributed by atoms with Crippen molar-refractivity contribution in [2.75, 3.05) is 31.6 Å². The molecular formula is C24H37ClN4O6. The molecule has 1 aromatic rings. The fourth-order valence-electron chi connectivity index (χ4n) is 4.79. The van der Waals surface area contributed by atoms with Gasteiger partial charge in [0, 0.05) is 37.8 Å². The third-order valence-corrected chi connectivity index (χ3v) is 6.47. The summed E-state index contributed by atoms with van der Waals surface area (Å²) in [6, 6.07) is 6.69. The number of rotatable bonds is 8. The molecule has 0 radical (unpaired) electrons. The second-order valence-electron chi connectivity index (χ2n) is 10.1. The maximum atomic E-state index is 13.4. The highest BCUT2D eigenvalue weighted by Gasteiger charge is 2.35. The van der Waals surface area contributed by atoms with Gasteiger partial charge in [-0.1, -0.05) is 32.0 Å². The quantitative estimate of drug-likeness (QED) is 0.403. The van der Waals surface area contributed by atoms with Crippen LogP contribution in [0.5, 0.6) is 0 Å². The molecule has 2 aliphatic rings. The first kappa shape index (κ1) is 28.8. The Morgan fingerprint density at radius 1 is 1.26 bits per heavy atom. The number of alkyl carbamates (subject to hydrolysis) is 1. The molecule has 2 aliphatic heterocycles. The molecule has 11 heteroatoms. The SMILES string of the molecule is COC(=O)NC1Cc2ccccc2N(C(=O)CC(C)(C)C[C@H](N)[C@@H](O)CN2C[C@H](O)CC2=O)C1.Cl. The molecule has 1 aromatic carbocycles. The standard InChI is InChI=1S/C24H36N4O6.ClH/c1-24(2,10-18(25)20(30)14-27-13-17(29)9-21(27)31)11-22(32)28-12-16(26-23(33)34-3)8-15-6-4-5-7-19(15)28;/h4-7,16-18,20,29-30H,8-14,25H2,1-3H3,(H,26,33);1H/t16?,17-,18+,20+;/m1./s1. The number of β-amino-alcohol motifs (C(OH)–C–C–N with tert-alkyl or cyclic N) is 2. The Bertz CT molecular complexity index is 914. The molecule has 3 rings (SSSR count). The van der Waals surface area contributed by atoms with Crippen LogP contribution in [0.25, 0.3) is 0 Å². The lowest BCUT2D eigenvalue weighted by Gasteiger charge is -2.37. The van der Waals surface area contributed by atoms with Crippen LogP contribution in [-0.2, 0) is 20.7 Å². The largest absolute Gasteiger partial charge is 0.453 e. The lowest BCUT2D eigenvalue weighted by molar-refractivity contribution is -0.129. The van der Waals surface area contributed by atoms with E-state index < -0.39 is 29.8 Å². The first-order chi connectivity index (χ1) is 16.0. The fraction of sp³-hybridized carbons (Fsp3) is 0.625. The predicted molar refractivity (Wildman–Crippen MR) is 133 cm³/mol. The van der Waals surface area contributed by atoms with Crippen LogP contribution in [-0.4, -0.2) is 84.1 Å². The van der Waals surface area contributed by atoms with E-state index >= 15 is 0 Å². The molecule has 1 unspecified atom stereocenters. The van der Waals surface area contributed by atoms with Crippen molar-refractivity contribution >= 4 is 36.0 Å². The van der Waals surface area contributed by atoms with Gasteiger partial charge in [0.1, 0.15) is 0 Å². The summed E-state index contributed by atoms with van der Waals surface area (Å²) in [4.78, 5) is 40.1. The van der Waals surface area contributed by atoms with Gasteiger partial charge in [0.15, 0.2) is 0 Å². The molecule has 0 bridgehead atoms. The van der Waals surface area contributed by atoms with Crippen LogP contribution in [0, 0.1) is 5.41 Å². The fourth-order valence-corrected chi connectivity index (χ4v) is 4.79. The molecule has 10 nitrogen and oxygen atoms in total. The van der Waals surface area contributed by atoms with Crippen LogP contribution >= 0.6 is 12.4 Å². The van der Waals surface area contributed by atoms with Crippen molar-refractivity contribution in [1.82, 2.24) is 10.2 Å². The minimum atomic E-state index is -0.965. The van der Waals surface area contributed by atoms with Crippen molar-refractivity contribution in [2.45, 2.75) is 63.8 Å². The summed E-state index contributed by atoms with van der Waals surface area (Å²) < 4.78 is 4.71. The number of aliphatic hydroxyl groups excluding tert-OH is 2. The van der Waals surface area contributed by atoms with E-state index in [0.717, 1.165) is 11.3 Å². The van der Waals surface area contributed by atoms with E-state index in [1.807, 2.05) is 38.1 Å². The van der Waals surface area contributed by atoms with E-state index in [1.165, 1.54) is 12.0 Å². The number of methoxy groups -OCH3 is 1. The summed E-state index contributed by atoms with van der Waals surface area (Å²) in [7, 11) is 1.30. The summed E-state index contributed by atoms with van der Waals surface area (Å²) in [6.07, 6.45) is -1.01. The monoisotopic (exact) mass is 512 g/mol. The number of carbonyl (C=O) groups excluding carboxylic acids is 3. The number of nitrogens with one attached hydrogen (secondary N) is 1. The summed E-state index contributed by atoms with van der Waals surface area (Å²) >= 11 is 0. The number of amides is 3. The van der Waals surface area contributed by atoms with Gasteiger partial charge in [-0.3, -0.25) is 9.59 Å². The van der Waals surface area contributed by atoms with Crippen LogP contribution in [0.3, 0.4) is 0 Å². The van der Waals surface area contributed by atoms with E-state index in [2.05, 4.69) is 5.32 Å². The number of fused-ring (bicyclic) bond motifs is 1. The third-order valence-electron chi connectivity index (χ3n) is 6.47. The Kier molecular flexibility index (Phi) is 9.91. The average molecular weight is 513 g/mol. The molecule has 4 atom stereocenters. The number of nitrogens with zero attached hydrogens (tertiary/aromatic N) is 2. The summed E-state index contributed by atoms with van der Waals surface area (Å²) in [5.74, 6) is -0.305. The van der Waals surface area contributed by atoms with Crippen LogP contribution in [0.15, 0.2) is 24.3 Å². The molecule has 0 saturated carbocycles. The number of benzene rings is 1. The number of ether oxygens (including phenoxy) is 1. The highest BCUT2D eigenvalue weighted by molar-refractivity contribution is 5.95. The number of para-hydroxylation sites is 1. The molecule has 35 heavy (non-hydrogen) atoms. The molecule has 0 spiro atoms. The van der Waals surface area contributed by atoms with Gasteiger partial charge in [0.25, 0.3) is 0 Å². The van der Waals surface area contributed by atoms with E-state index in [0.29, 0.717) is 19.4 Å². The molecule has 3 amide bonds. The number of anilines is 1. The van der Waals surface area contributed by atoms with Crippen molar-refractivity contribution in [3.05, 3.63) is 29.8 Å². The highest BCUT2D eigenvalue weighted by atomic mass is 35.5. The molecule has 196 valence electrons. The number of hydrogen-bond acceptors (Lipinski definition) is 7. The van der Waals surface area contributed by atoms with E-state index in [-0.39, 0.29) is 56.2 Å². The van der Waals surface area contributed by atoms with Crippen LogP contribution < -0.4 is 16.0 Å². The molecule has 5 N–H and O–H groups in total. The van der Waals surface area contributed by atoms with Gasteiger partial charge >= 0.3 is 6.09 Å². The second-order valence-corrected chi connectivity index (χ2v) is 10.1. The van der Waals surface area contributed by atoms with Crippen molar-refractivity contribution in [2.24, 2.45) is 11.1 Å². The predicted octanol–water partition coefficient (Wildman–Crippen LogP) is 0.810. The van der Waals surface area contributed by atoms with Gasteiger partial charge in [0.2, 0.25) is 11.8 Å². The molecule has 0 aliphatic carbocycles. The van der Waals surface area contributed by atoms with Crippen molar-refractivity contribution < 1.29 is 29.3 Å². The summed E-state index contributed by atoms with van der Waals surface area (Å²) in [6.45, 7) is 4.42. The smallest absolute Gasteiger partial charge is 0.407 e. The van der Waals surface area contributed by atoms with Crippen molar-refractivity contribution in [3.8, 4) is 0 Å². The maximum absolute atomic E-state index is 13.4. The number of hydrogen-bond donors (Lipinski definition) is 4. The lowest BCUT2D eigenvalue weighted by atomic mass is 9.80. The number of nitrogens with two attached hydrogens (primary N) is 1. The lowest BCUT2D eigenvalue weighted by Crippen LogP contribution is -2.51. The topological polar surface area (TPSA) is 145 Å². The van der Waals surface area contributed by atoms with Gasteiger partial charge in [-0.25, -0.2) is 4.79 Å². The number of carbonyl (C=O) groups is 3. The number of aliphatic hydroxyl groups is 2. The van der Waals surface area contributed by atoms with Crippen LogP contribution in [0.1, 0.15) is 38.7 Å². The Morgan fingerprint density at radius 3 is 2.57 bits per heavy atom. The highest BCUT2D eigenvalue weighted by Crippen LogP contribution is 2.33. The summed E-state index contributed by atoms with van der Waals surface area (Å²) in [5.41, 5.74) is 7.51. The first-order valence-corrected chi connectivity index (χ1v) is 11.6. The van der Waals surface area contributed by atoms with Crippen molar-refractivity contribution in [3.63, 3.8) is 0 Å². The third kappa shape index (κ3) is 7.54. The van der Waals surface area contributed by atoms with Gasteiger partial charge in [-0.2, -0.15) is 0 Å². The maximum Gasteiger partial charge on any atom is 0.407 e. The summed E-state index contributed by atoms with van der Waals surface area (Å²) in [5, 5.41) is 23.0. The zero-order valence-electron chi connectivity index (χ0n) is 20.5. The Labute approximate surface area is 212 Å². The van der Waals surface area contributed by atoms with Crippen molar-refractivity contribution in [1.29, 1.82) is 0 Å². The second kappa shape index (κ2) is 12.0. The van der Waals surface area contributed by atoms with E-state index in [1.54, 1.807) is 4.90 Å².